The van der Waals surface area contributed by atoms with E-state index in [1.807, 2.05) is 0 Å². The van der Waals surface area contributed by atoms with Gasteiger partial charge in [-0.1, -0.05) is 0 Å². The molecule has 7 heteroatoms. The van der Waals surface area contributed by atoms with Gasteiger partial charge in [-0.2, -0.15) is 0 Å². The van der Waals surface area contributed by atoms with E-state index in [1.54, 1.807) is 17.0 Å². The van der Waals surface area contributed by atoms with Crippen LogP contribution in [0.3, 0.4) is 0 Å². The molecule has 1 amide bonds. The van der Waals surface area contributed by atoms with Crippen molar-refractivity contribution < 1.29 is 23.5 Å². The summed E-state index contributed by atoms with van der Waals surface area (Å²) in [6.07, 6.45) is 1.24. The van der Waals surface area contributed by atoms with E-state index in [0.29, 0.717) is 25.4 Å². The van der Waals surface area contributed by atoms with E-state index in [-0.39, 0.29) is 18.9 Å². The average molecular weight is 284 g/mol. The molecule has 1 aliphatic heterocycles. The van der Waals surface area contributed by atoms with Crippen LogP contribution in [0.5, 0.6) is 0 Å². The second-order valence-corrected chi connectivity index (χ2v) is 4.68. The van der Waals surface area contributed by atoms with Crippen LogP contribution in [0.25, 0.3) is 0 Å². The molecule has 1 N–H and O–H groups in total. The van der Waals surface area contributed by atoms with Crippen molar-refractivity contribution in [2.75, 3.05) is 26.3 Å². The first kappa shape index (κ1) is 14.5. The third-order valence-electron chi connectivity index (χ3n) is 3.36. The maximum Gasteiger partial charge on any atom is 0.305 e. The average Bonchev–Trinajstić information content (AvgIpc) is 2.90. The van der Waals surface area contributed by atoms with E-state index in [1.165, 1.54) is 11.2 Å². The molecule has 1 saturated heterocycles. The molecule has 2 rings (SSSR count). The van der Waals surface area contributed by atoms with E-state index >= 15 is 0 Å². The van der Waals surface area contributed by atoms with Gasteiger partial charge in [0.2, 0.25) is 5.91 Å². The van der Waals surface area contributed by atoms with E-state index in [9.17, 15) is 14.0 Å². The number of alkyl halides is 1. The van der Waals surface area contributed by atoms with Crippen LogP contribution in [0.1, 0.15) is 12.2 Å². The van der Waals surface area contributed by atoms with Crippen LogP contribution >= 0.6 is 0 Å². The highest BCUT2D eigenvalue weighted by Gasteiger charge is 2.36. The summed E-state index contributed by atoms with van der Waals surface area (Å²) in [4.78, 5) is 26.3. The van der Waals surface area contributed by atoms with Gasteiger partial charge in [-0.25, -0.2) is 4.39 Å². The van der Waals surface area contributed by atoms with Crippen LogP contribution in [-0.2, 0) is 16.1 Å². The Kier molecular flexibility index (Phi) is 4.73. The summed E-state index contributed by atoms with van der Waals surface area (Å²) in [5, 5.41) is 8.95. The first-order valence-corrected chi connectivity index (χ1v) is 6.45. The van der Waals surface area contributed by atoms with E-state index in [2.05, 4.69) is 0 Å². The number of nitrogens with zero attached hydrogens (tertiary/aromatic N) is 2. The molecule has 1 aromatic rings. The lowest BCUT2D eigenvalue weighted by atomic mass is 10.1. The molecule has 0 spiro atoms. The van der Waals surface area contributed by atoms with Gasteiger partial charge in [-0.3, -0.25) is 14.5 Å². The Morgan fingerprint density at radius 1 is 1.50 bits per heavy atom. The molecule has 1 fully saturated rings. The normalized spacial score (nSPS) is 20.4. The van der Waals surface area contributed by atoms with E-state index in [0.717, 1.165) is 0 Å². The number of carbonyl (C=O) groups is 2. The summed E-state index contributed by atoms with van der Waals surface area (Å²) in [5.74, 6) is -0.704. The second kappa shape index (κ2) is 6.51. The van der Waals surface area contributed by atoms with Gasteiger partial charge in [-0.15, -0.1) is 0 Å². The van der Waals surface area contributed by atoms with Gasteiger partial charge in [0.05, 0.1) is 19.2 Å². The Hall–Kier alpha value is -1.89. The third kappa shape index (κ3) is 3.36. The first-order valence-electron chi connectivity index (χ1n) is 6.45. The molecule has 2 heterocycles. The summed E-state index contributed by atoms with van der Waals surface area (Å²) in [6.45, 7) is 0.678. The number of amides is 1. The zero-order valence-electron chi connectivity index (χ0n) is 11.0. The van der Waals surface area contributed by atoms with Crippen LogP contribution in [0, 0.1) is 0 Å². The number of aliphatic carboxylic acids is 1. The van der Waals surface area contributed by atoms with Crippen molar-refractivity contribution in [1.29, 1.82) is 0 Å². The number of furan rings is 1. The summed E-state index contributed by atoms with van der Waals surface area (Å²) in [6, 6.07) is 2.75. The number of carboxylic acids is 1. The van der Waals surface area contributed by atoms with Crippen molar-refractivity contribution in [3.63, 3.8) is 0 Å². The van der Waals surface area contributed by atoms with Crippen molar-refractivity contribution in [2.45, 2.75) is 19.0 Å². The predicted octanol–water partition coefficient (Wildman–Crippen LogP) is 0.737. The molecule has 110 valence electrons. The Labute approximate surface area is 115 Å². The molecule has 0 radical (unpaired) electrons. The Morgan fingerprint density at radius 2 is 2.30 bits per heavy atom. The largest absolute Gasteiger partial charge is 0.481 e. The predicted molar refractivity (Wildman–Crippen MR) is 67.7 cm³/mol. The molecular weight excluding hydrogens is 267 g/mol. The minimum Gasteiger partial charge on any atom is -0.481 e. The molecule has 0 aliphatic carbocycles. The molecule has 20 heavy (non-hydrogen) atoms. The zero-order valence-corrected chi connectivity index (χ0v) is 11.0. The third-order valence-corrected chi connectivity index (χ3v) is 3.36. The number of hydrogen-bond donors (Lipinski definition) is 1. The fourth-order valence-electron chi connectivity index (χ4n) is 2.38. The monoisotopic (exact) mass is 284 g/mol. The van der Waals surface area contributed by atoms with E-state index in [4.69, 9.17) is 9.52 Å². The molecule has 0 aromatic carbocycles. The number of carboxylic acid groups (broad SMARTS) is 1. The fourth-order valence-corrected chi connectivity index (χ4v) is 2.38. The highest BCUT2D eigenvalue weighted by molar-refractivity contribution is 5.86. The molecule has 1 unspecified atom stereocenters. The molecule has 0 bridgehead atoms. The Balaban J connectivity index is 2.09. The minimum absolute atomic E-state index is 0.0174. The molecule has 0 saturated carbocycles. The Bertz CT molecular complexity index is 463. The van der Waals surface area contributed by atoms with Crippen molar-refractivity contribution in [3.8, 4) is 0 Å². The second-order valence-electron chi connectivity index (χ2n) is 4.68. The van der Waals surface area contributed by atoms with Gasteiger partial charge >= 0.3 is 5.97 Å². The van der Waals surface area contributed by atoms with Gasteiger partial charge in [0.15, 0.2) is 0 Å². The molecule has 6 nitrogen and oxygen atoms in total. The van der Waals surface area contributed by atoms with Gasteiger partial charge in [-0.05, 0) is 12.1 Å². The number of hydrogen-bond acceptors (Lipinski definition) is 4. The number of rotatable bonds is 6. The standard InChI is InChI=1S/C13H17FN2O4/c14-3-4-15-5-6-16(9-10-2-1-7-20-10)11(13(15)19)8-12(17)18/h1-2,7,11H,3-6,8-9H2,(H,17,18). The summed E-state index contributed by atoms with van der Waals surface area (Å²) in [5.41, 5.74) is 0. The zero-order chi connectivity index (χ0) is 14.5. The SMILES string of the molecule is O=C(O)CC1C(=O)N(CCF)CCN1Cc1ccco1. The number of carbonyl (C=O) groups excluding carboxylic acids is 1. The highest BCUT2D eigenvalue weighted by Crippen LogP contribution is 2.18. The smallest absolute Gasteiger partial charge is 0.305 e. The van der Waals surface area contributed by atoms with Gasteiger partial charge < -0.3 is 14.4 Å². The minimum atomic E-state index is -1.05. The lowest BCUT2D eigenvalue weighted by molar-refractivity contribution is -0.150. The first-order chi connectivity index (χ1) is 9.61. The van der Waals surface area contributed by atoms with Crippen molar-refractivity contribution in [3.05, 3.63) is 24.2 Å². The Morgan fingerprint density at radius 3 is 2.90 bits per heavy atom. The maximum atomic E-state index is 12.4. The van der Waals surface area contributed by atoms with Crippen LogP contribution in [0.15, 0.2) is 22.8 Å². The van der Waals surface area contributed by atoms with Gasteiger partial charge in [0, 0.05) is 19.6 Å². The summed E-state index contributed by atoms with van der Waals surface area (Å²) in [7, 11) is 0. The summed E-state index contributed by atoms with van der Waals surface area (Å²) < 4.78 is 17.6. The lowest BCUT2D eigenvalue weighted by Crippen LogP contribution is -2.57. The topological polar surface area (TPSA) is 74.0 Å². The molecule has 1 aromatic heterocycles. The highest BCUT2D eigenvalue weighted by atomic mass is 19.1. The van der Waals surface area contributed by atoms with Crippen molar-refractivity contribution in [2.24, 2.45) is 0 Å². The van der Waals surface area contributed by atoms with Gasteiger partial charge in [0.25, 0.3) is 0 Å². The van der Waals surface area contributed by atoms with Gasteiger partial charge in [0.1, 0.15) is 18.5 Å². The molecule has 1 aliphatic rings. The maximum absolute atomic E-state index is 12.4. The van der Waals surface area contributed by atoms with Crippen LogP contribution in [0.2, 0.25) is 0 Å². The van der Waals surface area contributed by atoms with Crippen molar-refractivity contribution >= 4 is 11.9 Å². The fraction of sp³-hybridized carbons (Fsp3) is 0.538. The van der Waals surface area contributed by atoms with Crippen LogP contribution < -0.4 is 0 Å². The van der Waals surface area contributed by atoms with Crippen molar-refractivity contribution in [1.82, 2.24) is 9.80 Å². The van der Waals surface area contributed by atoms with E-state index < -0.39 is 18.7 Å². The lowest BCUT2D eigenvalue weighted by Gasteiger charge is -2.39. The quantitative estimate of drug-likeness (QED) is 0.834. The van der Waals surface area contributed by atoms with Crippen LogP contribution in [0.4, 0.5) is 4.39 Å². The number of piperazine rings is 1. The molecule has 1 atom stereocenters. The van der Waals surface area contributed by atoms with Crippen LogP contribution in [-0.4, -0.2) is 59.1 Å². The molecular formula is C13H17FN2O4. The summed E-state index contributed by atoms with van der Waals surface area (Å²) >= 11 is 0. The number of halogens is 1.